The molecule has 1 aliphatic carbocycles. The number of halogens is 1. The highest BCUT2D eigenvalue weighted by Crippen LogP contribution is 2.34. The second-order valence-corrected chi connectivity index (χ2v) is 8.03. The van der Waals surface area contributed by atoms with E-state index in [9.17, 15) is 0 Å². The van der Waals surface area contributed by atoms with Gasteiger partial charge in [-0.05, 0) is 72.7 Å². The number of benzene rings is 3. The molecule has 0 bridgehead atoms. The molecule has 0 aliphatic heterocycles. The van der Waals surface area contributed by atoms with Gasteiger partial charge in [-0.3, -0.25) is 0 Å². The van der Waals surface area contributed by atoms with Crippen molar-refractivity contribution >= 4 is 17.3 Å². The average molecular weight is 416 g/mol. The predicted molar refractivity (Wildman–Crippen MR) is 120 cm³/mol. The Morgan fingerprint density at radius 1 is 0.867 bits per heavy atom. The summed E-state index contributed by atoms with van der Waals surface area (Å²) in [6.07, 6.45) is 4.68. The largest absolute Gasteiger partial charge is 0.418 e. The monoisotopic (exact) mass is 415 g/mol. The minimum Gasteiger partial charge on any atom is -0.418 e. The molecule has 0 radical (unpaired) electrons. The number of hydrogen-bond donors (Lipinski definition) is 1. The molecule has 0 unspecified atom stereocenters. The van der Waals surface area contributed by atoms with E-state index < -0.39 is 0 Å². The first-order valence-electron chi connectivity index (χ1n) is 10.3. The van der Waals surface area contributed by atoms with Crippen LogP contribution in [0.15, 0.2) is 77.2 Å². The molecule has 1 aliphatic rings. The van der Waals surface area contributed by atoms with Crippen LogP contribution in [0.5, 0.6) is 0 Å². The van der Waals surface area contributed by atoms with Crippen molar-refractivity contribution in [2.24, 2.45) is 0 Å². The van der Waals surface area contributed by atoms with Gasteiger partial charge in [0.05, 0.1) is 0 Å². The summed E-state index contributed by atoms with van der Waals surface area (Å²) in [5.41, 5.74) is 5.82. The SMILES string of the molecule is Clc1cccc([C@H](Nc2cccc3c2CCCC3)c2nnc(-c3ccccc3)o2)c1. The summed E-state index contributed by atoms with van der Waals surface area (Å²) >= 11 is 6.30. The van der Waals surface area contributed by atoms with Crippen LogP contribution in [0.4, 0.5) is 5.69 Å². The first-order chi connectivity index (χ1) is 14.8. The van der Waals surface area contributed by atoms with Crippen LogP contribution in [0.1, 0.15) is 41.5 Å². The molecular weight excluding hydrogens is 394 g/mol. The fourth-order valence-corrected chi connectivity index (χ4v) is 4.29. The van der Waals surface area contributed by atoms with Crippen LogP contribution >= 0.6 is 11.6 Å². The molecular formula is C25H22ClN3O. The van der Waals surface area contributed by atoms with Gasteiger partial charge in [-0.15, -0.1) is 10.2 Å². The van der Waals surface area contributed by atoms with Gasteiger partial charge in [0.1, 0.15) is 6.04 Å². The zero-order chi connectivity index (χ0) is 20.3. The van der Waals surface area contributed by atoms with Gasteiger partial charge in [-0.2, -0.15) is 0 Å². The van der Waals surface area contributed by atoms with Gasteiger partial charge in [0, 0.05) is 16.3 Å². The third kappa shape index (κ3) is 3.83. The van der Waals surface area contributed by atoms with E-state index in [2.05, 4.69) is 33.7 Å². The second kappa shape index (κ2) is 8.33. The Bertz CT molecular complexity index is 1160. The second-order valence-electron chi connectivity index (χ2n) is 7.59. The highest BCUT2D eigenvalue weighted by molar-refractivity contribution is 6.30. The average Bonchev–Trinajstić information content (AvgIpc) is 3.28. The predicted octanol–water partition coefficient (Wildman–Crippen LogP) is 6.47. The van der Waals surface area contributed by atoms with Crippen molar-refractivity contribution in [3.8, 4) is 11.5 Å². The van der Waals surface area contributed by atoms with Crippen LogP contribution in [0, 0.1) is 0 Å². The molecule has 0 spiro atoms. The molecule has 5 rings (SSSR count). The summed E-state index contributed by atoms with van der Waals surface area (Å²) in [7, 11) is 0. The summed E-state index contributed by atoms with van der Waals surface area (Å²) in [5.74, 6) is 1.03. The van der Waals surface area contributed by atoms with E-state index in [-0.39, 0.29) is 6.04 Å². The minimum absolute atomic E-state index is 0.290. The van der Waals surface area contributed by atoms with Crippen molar-refractivity contribution in [3.63, 3.8) is 0 Å². The number of anilines is 1. The fraction of sp³-hybridized carbons (Fsp3) is 0.200. The lowest BCUT2D eigenvalue weighted by molar-refractivity contribution is 0.494. The minimum atomic E-state index is -0.290. The van der Waals surface area contributed by atoms with Crippen molar-refractivity contribution in [1.29, 1.82) is 0 Å². The Balaban J connectivity index is 1.55. The number of aryl methyl sites for hydroxylation is 1. The molecule has 30 heavy (non-hydrogen) atoms. The lowest BCUT2D eigenvalue weighted by Gasteiger charge is -2.23. The quantitative estimate of drug-likeness (QED) is 0.405. The molecule has 0 amide bonds. The summed E-state index contributed by atoms with van der Waals surface area (Å²) in [6, 6.07) is 23.8. The number of rotatable bonds is 5. The van der Waals surface area contributed by atoms with Crippen molar-refractivity contribution in [2.45, 2.75) is 31.7 Å². The topological polar surface area (TPSA) is 51.0 Å². The van der Waals surface area contributed by atoms with Crippen LogP contribution < -0.4 is 5.32 Å². The third-order valence-electron chi connectivity index (χ3n) is 5.59. The van der Waals surface area contributed by atoms with E-state index in [0.717, 1.165) is 29.7 Å². The number of nitrogens with one attached hydrogen (secondary N) is 1. The molecule has 0 saturated carbocycles. The summed E-state index contributed by atoms with van der Waals surface area (Å²) in [4.78, 5) is 0. The van der Waals surface area contributed by atoms with Crippen LogP contribution in [0.2, 0.25) is 5.02 Å². The van der Waals surface area contributed by atoms with Gasteiger partial charge in [0.15, 0.2) is 0 Å². The van der Waals surface area contributed by atoms with Gasteiger partial charge < -0.3 is 9.73 Å². The molecule has 4 nitrogen and oxygen atoms in total. The third-order valence-corrected chi connectivity index (χ3v) is 5.82. The maximum absolute atomic E-state index is 6.30. The van der Waals surface area contributed by atoms with Crippen molar-refractivity contribution in [3.05, 3.63) is 100 Å². The van der Waals surface area contributed by atoms with E-state index in [4.69, 9.17) is 16.0 Å². The lowest BCUT2D eigenvalue weighted by atomic mass is 9.90. The van der Waals surface area contributed by atoms with Crippen LogP contribution in [-0.2, 0) is 12.8 Å². The summed E-state index contributed by atoms with van der Waals surface area (Å²) in [5, 5.41) is 13.0. The Kier molecular flexibility index (Phi) is 5.24. The summed E-state index contributed by atoms with van der Waals surface area (Å²) < 4.78 is 6.11. The molecule has 0 saturated heterocycles. The van der Waals surface area contributed by atoms with E-state index in [1.54, 1.807) is 0 Å². The fourth-order valence-electron chi connectivity index (χ4n) is 4.09. The Hall–Kier alpha value is -3.11. The standard InChI is InChI=1S/C25H22ClN3O/c26-20-13-6-12-19(16-20)23(25-29-28-24(30-25)18-9-2-1-3-10-18)27-22-15-7-11-17-8-4-5-14-21(17)22/h1-3,6-7,9-13,15-16,23,27H,4-5,8,14H2/t23-/m0/s1. The van der Waals surface area contributed by atoms with Crippen molar-refractivity contribution in [1.82, 2.24) is 10.2 Å². The molecule has 1 N–H and O–H groups in total. The van der Waals surface area contributed by atoms with Crippen molar-refractivity contribution in [2.75, 3.05) is 5.32 Å². The van der Waals surface area contributed by atoms with Gasteiger partial charge in [-0.25, -0.2) is 0 Å². The molecule has 5 heteroatoms. The normalized spacial score (nSPS) is 14.2. The Labute approximate surface area is 180 Å². The first-order valence-corrected chi connectivity index (χ1v) is 10.7. The number of nitrogens with zero attached hydrogens (tertiary/aromatic N) is 2. The maximum Gasteiger partial charge on any atom is 0.247 e. The lowest BCUT2D eigenvalue weighted by Crippen LogP contribution is -2.16. The van der Waals surface area contributed by atoms with E-state index in [1.165, 1.54) is 24.0 Å². The van der Waals surface area contributed by atoms with Crippen LogP contribution in [-0.4, -0.2) is 10.2 Å². The van der Waals surface area contributed by atoms with Gasteiger partial charge in [-0.1, -0.05) is 54.1 Å². The maximum atomic E-state index is 6.30. The van der Waals surface area contributed by atoms with Gasteiger partial charge in [0.25, 0.3) is 0 Å². The number of aromatic nitrogens is 2. The van der Waals surface area contributed by atoms with E-state index in [0.29, 0.717) is 16.8 Å². The van der Waals surface area contributed by atoms with Crippen LogP contribution in [0.3, 0.4) is 0 Å². The highest BCUT2D eigenvalue weighted by atomic mass is 35.5. The molecule has 4 aromatic rings. The number of hydrogen-bond acceptors (Lipinski definition) is 4. The zero-order valence-electron chi connectivity index (χ0n) is 16.5. The molecule has 150 valence electrons. The zero-order valence-corrected chi connectivity index (χ0v) is 17.3. The summed E-state index contributed by atoms with van der Waals surface area (Å²) in [6.45, 7) is 0. The molecule has 1 heterocycles. The van der Waals surface area contributed by atoms with E-state index >= 15 is 0 Å². The molecule has 3 aromatic carbocycles. The Morgan fingerprint density at radius 2 is 1.70 bits per heavy atom. The Morgan fingerprint density at radius 3 is 2.57 bits per heavy atom. The van der Waals surface area contributed by atoms with Gasteiger partial charge in [0.2, 0.25) is 11.8 Å². The van der Waals surface area contributed by atoms with Gasteiger partial charge >= 0.3 is 0 Å². The smallest absolute Gasteiger partial charge is 0.247 e. The number of fused-ring (bicyclic) bond motifs is 1. The molecule has 0 fully saturated rings. The van der Waals surface area contributed by atoms with Crippen molar-refractivity contribution < 1.29 is 4.42 Å². The first kappa shape index (κ1) is 18.9. The highest BCUT2D eigenvalue weighted by Gasteiger charge is 2.24. The van der Waals surface area contributed by atoms with E-state index in [1.807, 2.05) is 54.6 Å². The molecule has 1 atom stereocenters. The van der Waals surface area contributed by atoms with Crippen LogP contribution in [0.25, 0.3) is 11.5 Å². The molecule has 1 aromatic heterocycles.